The molecule has 0 saturated carbocycles. The molecular formula is C35H62O9. The third-order valence-corrected chi connectivity index (χ3v) is 7.98. The van der Waals surface area contributed by atoms with Crippen LogP contribution in [-0.2, 0) is 23.8 Å². The molecular weight excluding hydrogens is 564 g/mol. The van der Waals surface area contributed by atoms with Gasteiger partial charge in [0.15, 0.2) is 6.29 Å². The van der Waals surface area contributed by atoms with Crippen molar-refractivity contribution >= 4 is 11.9 Å². The molecule has 9 nitrogen and oxygen atoms in total. The number of hydrogen-bond donors (Lipinski definition) is 4. The first-order valence-electron chi connectivity index (χ1n) is 17.3. The summed E-state index contributed by atoms with van der Waals surface area (Å²) in [7, 11) is 0. The first-order chi connectivity index (χ1) is 21.3. The van der Waals surface area contributed by atoms with Gasteiger partial charge in [0.05, 0.1) is 18.3 Å². The van der Waals surface area contributed by atoms with Crippen LogP contribution in [0.3, 0.4) is 0 Å². The fraction of sp³-hybridized carbons (Fsp3) is 0.829. The maximum Gasteiger partial charge on any atom is 0.305 e. The van der Waals surface area contributed by atoms with Gasteiger partial charge in [-0.1, -0.05) is 109 Å². The zero-order valence-electron chi connectivity index (χ0n) is 27.5. The van der Waals surface area contributed by atoms with E-state index in [9.17, 15) is 30.0 Å². The summed E-state index contributed by atoms with van der Waals surface area (Å²) in [6.07, 6.45) is 20.1. The van der Waals surface area contributed by atoms with Crippen LogP contribution >= 0.6 is 0 Å². The molecule has 1 saturated heterocycles. The zero-order valence-corrected chi connectivity index (χ0v) is 27.5. The summed E-state index contributed by atoms with van der Waals surface area (Å²) in [5.74, 6) is -1.01. The average molecular weight is 627 g/mol. The Kier molecular flexibility index (Phi) is 24.2. The molecule has 6 atom stereocenters. The number of aliphatic hydroxyl groups excluding tert-OH is 4. The minimum absolute atomic E-state index is 0.137. The Morgan fingerprint density at radius 2 is 1.36 bits per heavy atom. The minimum atomic E-state index is -1.05. The summed E-state index contributed by atoms with van der Waals surface area (Å²) in [6.45, 7) is 3.92. The normalized spacial score (nSPS) is 22.0. The predicted octanol–water partition coefficient (Wildman–Crippen LogP) is 6.05. The molecule has 0 aromatic heterocycles. The predicted molar refractivity (Wildman–Crippen MR) is 172 cm³/mol. The molecule has 0 spiro atoms. The second-order valence-corrected chi connectivity index (χ2v) is 12.2. The molecule has 1 rings (SSSR count). The monoisotopic (exact) mass is 626 g/mol. The number of carbonyl (C=O) groups excluding carboxylic acids is 2. The van der Waals surface area contributed by atoms with Crippen molar-refractivity contribution in [2.75, 3.05) is 13.2 Å². The third kappa shape index (κ3) is 21.0. The molecule has 1 heterocycles. The summed E-state index contributed by atoms with van der Waals surface area (Å²) in [5, 5.41) is 40.6. The van der Waals surface area contributed by atoms with Gasteiger partial charge in [-0.3, -0.25) is 9.59 Å². The fourth-order valence-electron chi connectivity index (χ4n) is 5.24. The fourth-order valence-corrected chi connectivity index (χ4v) is 5.24. The maximum atomic E-state index is 12.0. The molecule has 9 heteroatoms. The van der Waals surface area contributed by atoms with Crippen molar-refractivity contribution in [1.82, 2.24) is 0 Å². The van der Waals surface area contributed by atoms with Crippen molar-refractivity contribution in [2.24, 2.45) is 5.92 Å². The van der Waals surface area contributed by atoms with E-state index >= 15 is 0 Å². The molecule has 1 aliphatic rings. The van der Waals surface area contributed by atoms with Crippen LogP contribution in [0, 0.1) is 5.92 Å². The van der Waals surface area contributed by atoms with Crippen LogP contribution in [0.2, 0.25) is 0 Å². The molecule has 0 amide bonds. The Bertz CT molecular complexity index is 784. The number of aliphatic hydroxyl groups is 4. The van der Waals surface area contributed by atoms with Gasteiger partial charge in [-0.2, -0.15) is 0 Å². The van der Waals surface area contributed by atoms with E-state index in [-0.39, 0.29) is 37.9 Å². The van der Waals surface area contributed by atoms with E-state index in [1.165, 1.54) is 38.5 Å². The van der Waals surface area contributed by atoms with Crippen molar-refractivity contribution in [3.05, 3.63) is 24.3 Å². The lowest BCUT2D eigenvalue weighted by molar-refractivity contribution is -0.199. The number of unbranched alkanes of at least 4 members (excludes halogenated alkanes) is 11. The standard InChI is InChI=1S/C35H62O9/c1-3-5-7-8-9-10-11-12-17-21-33(39)42-26-29(37)27-43-34(40)22-18-14-13-16-20-30-31(38)25-35(41)44-32(30)24-23-28(36)19-15-6-4-2/h13,16,23-24,28-32,35-38,41H,3-12,14-15,17-22,25-27H2,1-2H3/b16-13-,24-23+/t28-,29+,30-,31-,32+,35?/m0/s1. The Labute approximate surface area is 266 Å². The van der Waals surface area contributed by atoms with Gasteiger partial charge >= 0.3 is 11.9 Å². The number of carbonyl (C=O) groups is 2. The van der Waals surface area contributed by atoms with E-state index in [0.717, 1.165) is 38.5 Å². The van der Waals surface area contributed by atoms with E-state index < -0.39 is 36.7 Å². The summed E-state index contributed by atoms with van der Waals surface area (Å²) in [4.78, 5) is 23.9. The summed E-state index contributed by atoms with van der Waals surface area (Å²) < 4.78 is 15.8. The molecule has 0 aliphatic carbocycles. The topological polar surface area (TPSA) is 143 Å². The highest BCUT2D eigenvalue weighted by molar-refractivity contribution is 5.69. The smallest absolute Gasteiger partial charge is 0.305 e. The third-order valence-electron chi connectivity index (χ3n) is 7.98. The summed E-state index contributed by atoms with van der Waals surface area (Å²) >= 11 is 0. The van der Waals surface area contributed by atoms with E-state index in [4.69, 9.17) is 14.2 Å². The highest BCUT2D eigenvalue weighted by atomic mass is 16.6. The lowest BCUT2D eigenvalue weighted by Crippen LogP contribution is -2.43. The van der Waals surface area contributed by atoms with Gasteiger partial charge < -0.3 is 34.6 Å². The Morgan fingerprint density at radius 3 is 2.00 bits per heavy atom. The maximum absolute atomic E-state index is 12.0. The molecule has 0 aromatic rings. The van der Waals surface area contributed by atoms with Gasteiger partial charge in [-0.15, -0.1) is 0 Å². The Morgan fingerprint density at radius 1 is 0.795 bits per heavy atom. The second-order valence-electron chi connectivity index (χ2n) is 12.2. The lowest BCUT2D eigenvalue weighted by Gasteiger charge is -2.36. The second kappa shape index (κ2) is 26.4. The van der Waals surface area contributed by atoms with Crippen LogP contribution in [0.15, 0.2) is 24.3 Å². The van der Waals surface area contributed by atoms with Crippen molar-refractivity contribution in [2.45, 2.75) is 167 Å². The van der Waals surface area contributed by atoms with Crippen LogP contribution in [0.1, 0.15) is 136 Å². The van der Waals surface area contributed by atoms with Gasteiger partial charge in [0.25, 0.3) is 0 Å². The van der Waals surface area contributed by atoms with Gasteiger partial charge in [0.2, 0.25) is 0 Å². The molecule has 256 valence electrons. The zero-order chi connectivity index (χ0) is 32.4. The SMILES string of the molecule is CCCCCCCCCCCC(=O)OC[C@@H](O)COC(=O)CCC/C=C\C[C@H]1[C@@H](O)CC(O)O[C@@H]1/C=C/[C@@H](O)CCCCC. The summed E-state index contributed by atoms with van der Waals surface area (Å²) in [6, 6.07) is 0. The molecule has 4 N–H and O–H groups in total. The van der Waals surface area contributed by atoms with Crippen molar-refractivity contribution < 1.29 is 44.2 Å². The molecule has 44 heavy (non-hydrogen) atoms. The summed E-state index contributed by atoms with van der Waals surface area (Å²) in [5.41, 5.74) is 0. The highest BCUT2D eigenvalue weighted by Crippen LogP contribution is 2.29. The van der Waals surface area contributed by atoms with Gasteiger partial charge in [-0.25, -0.2) is 0 Å². The van der Waals surface area contributed by atoms with Crippen molar-refractivity contribution in [3.8, 4) is 0 Å². The minimum Gasteiger partial charge on any atom is -0.463 e. The first kappa shape index (κ1) is 40.2. The van der Waals surface area contributed by atoms with E-state index in [1.54, 1.807) is 12.2 Å². The quantitative estimate of drug-likeness (QED) is 0.0512. The number of hydrogen-bond acceptors (Lipinski definition) is 9. The molecule has 1 aliphatic heterocycles. The highest BCUT2D eigenvalue weighted by Gasteiger charge is 2.35. The van der Waals surface area contributed by atoms with Gasteiger partial charge in [0, 0.05) is 25.2 Å². The van der Waals surface area contributed by atoms with E-state index in [1.807, 2.05) is 12.2 Å². The van der Waals surface area contributed by atoms with Crippen LogP contribution in [-0.4, -0.2) is 76.3 Å². The lowest BCUT2D eigenvalue weighted by atomic mass is 9.87. The van der Waals surface area contributed by atoms with Crippen LogP contribution in [0.25, 0.3) is 0 Å². The van der Waals surface area contributed by atoms with Crippen LogP contribution < -0.4 is 0 Å². The number of allylic oxidation sites excluding steroid dienone is 2. The van der Waals surface area contributed by atoms with Crippen LogP contribution in [0.4, 0.5) is 0 Å². The molecule has 0 bridgehead atoms. The largest absolute Gasteiger partial charge is 0.463 e. The first-order valence-corrected chi connectivity index (χ1v) is 17.3. The Balaban J connectivity index is 2.17. The van der Waals surface area contributed by atoms with E-state index in [2.05, 4.69) is 13.8 Å². The van der Waals surface area contributed by atoms with Crippen molar-refractivity contribution in [1.29, 1.82) is 0 Å². The van der Waals surface area contributed by atoms with E-state index in [0.29, 0.717) is 32.1 Å². The number of ether oxygens (including phenoxy) is 3. The molecule has 0 aromatic carbocycles. The molecule has 1 unspecified atom stereocenters. The number of rotatable bonds is 26. The van der Waals surface area contributed by atoms with Crippen LogP contribution in [0.5, 0.6) is 0 Å². The van der Waals surface area contributed by atoms with Crippen molar-refractivity contribution in [3.63, 3.8) is 0 Å². The Hall–Kier alpha value is -1.78. The molecule has 0 radical (unpaired) electrons. The van der Waals surface area contributed by atoms with Gasteiger partial charge in [0.1, 0.15) is 19.3 Å². The molecule has 1 fully saturated rings. The number of esters is 2. The van der Waals surface area contributed by atoms with Gasteiger partial charge in [-0.05, 0) is 32.1 Å². The average Bonchev–Trinajstić information content (AvgIpc) is 2.99.